The van der Waals surface area contributed by atoms with E-state index >= 15 is 0 Å². The largest absolute Gasteiger partial charge is 0.381 e. The van der Waals surface area contributed by atoms with Crippen molar-refractivity contribution >= 4 is 29.5 Å². The van der Waals surface area contributed by atoms with Crippen LogP contribution >= 0.6 is 0 Å². The summed E-state index contributed by atoms with van der Waals surface area (Å²) in [5.41, 5.74) is 5.67. The number of nitrogens with one attached hydrogen (secondary N) is 2. The lowest BCUT2D eigenvalue weighted by atomic mass is 10.0. The maximum Gasteiger partial charge on any atom is 0.317 e. The molecule has 0 bridgehead atoms. The molecule has 1 fully saturated rings. The number of hydrogen-bond acceptors (Lipinski definition) is 5. The third-order valence-electron chi connectivity index (χ3n) is 5.66. The van der Waals surface area contributed by atoms with Crippen molar-refractivity contribution < 1.29 is 32.7 Å². The molecule has 0 aromatic carbocycles. The molecule has 1 rings (SSSR count). The Morgan fingerprint density at radius 1 is 1.08 bits per heavy atom. The molecule has 0 aromatic rings. The normalized spacial score (nSPS) is 15.7. The Labute approximate surface area is 211 Å². The van der Waals surface area contributed by atoms with Crippen LogP contribution in [0.3, 0.4) is 0 Å². The molecule has 0 aliphatic heterocycles. The van der Waals surface area contributed by atoms with E-state index in [0.717, 1.165) is 6.42 Å². The highest BCUT2D eigenvalue weighted by Crippen LogP contribution is 2.30. The molecule has 2 atom stereocenters. The van der Waals surface area contributed by atoms with Crippen LogP contribution in [0.5, 0.6) is 0 Å². The van der Waals surface area contributed by atoms with Crippen LogP contribution in [-0.4, -0.2) is 79.2 Å². The van der Waals surface area contributed by atoms with Crippen molar-refractivity contribution in [3.63, 3.8) is 0 Å². The fourth-order valence-electron chi connectivity index (χ4n) is 3.39. The van der Waals surface area contributed by atoms with E-state index in [-0.39, 0.29) is 18.8 Å². The van der Waals surface area contributed by atoms with E-state index in [4.69, 9.17) is 10.5 Å². The maximum absolute atomic E-state index is 14.4. The highest BCUT2D eigenvalue weighted by molar-refractivity contribution is 6.41. The second-order valence-electron chi connectivity index (χ2n) is 9.14. The van der Waals surface area contributed by atoms with Crippen molar-refractivity contribution in [2.45, 2.75) is 90.1 Å². The van der Waals surface area contributed by atoms with Gasteiger partial charge in [-0.15, -0.1) is 0 Å². The molecule has 36 heavy (non-hydrogen) atoms. The molecule has 0 aromatic heterocycles. The van der Waals surface area contributed by atoms with Gasteiger partial charge in [0.05, 0.1) is 6.04 Å². The molecule has 206 valence electrons. The zero-order valence-corrected chi connectivity index (χ0v) is 21.8. The van der Waals surface area contributed by atoms with Crippen LogP contribution in [0.4, 0.5) is 13.6 Å². The molecule has 0 heterocycles. The number of amides is 4. The molecular formula is C24H41F2N5O5. The molecule has 12 heteroatoms. The van der Waals surface area contributed by atoms with Crippen LogP contribution in [0.15, 0.2) is 4.99 Å². The third-order valence-corrected chi connectivity index (χ3v) is 5.66. The number of carbonyl (C=O) groups excluding carboxylic acids is 4. The molecule has 10 nitrogen and oxygen atoms in total. The summed E-state index contributed by atoms with van der Waals surface area (Å²) < 4.78 is 34.2. The Morgan fingerprint density at radius 2 is 1.75 bits per heavy atom. The summed E-state index contributed by atoms with van der Waals surface area (Å²) in [6.45, 7) is 6.50. The number of aliphatic imine (C=N–C) groups is 1. The first kappa shape index (κ1) is 31.4. The van der Waals surface area contributed by atoms with Crippen LogP contribution < -0.4 is 16.4 Å². The van der Waals surface area contributed by atoms with Gasteiger partial charge in [0.1, 0.15) is 6.04 Å². The van der Waals surface area contributed by atoms with Gasteiger partial charge in [-0.2, -0.15) is 4.99 Å². The Morgan fingerprint density at radius 3 is 2.31 bits per heavy atom. The van der Waals surface area contributed by atoms with E-state index in [9.17, 15) is 28.0 Å². The van der Waals surface area contributed by atoms with Gasteiger partial charge in [0.25, 0.3) is 11.8 Å². The summed E-state index contributed by atoms with van der Waals surface area (Å²) in [7, 11) is 1.49. The monoisotopic (exact) mass is 517 g/mol. The number of carbonyl (C=O) groups is 4. The topological polar surface area (TPSA) is 143 Å². The molecule has 2 unspecified atom stereocenters. The van der Waals surface area contributed by atoms with Gasteiger partial charge in [0, 0.05) is 45.6 Å². The van der Waals surface area contributed by atoms with Crippen LogP contribution in [-0.2, 0) is 19.1 Å². The number of nitrogens with zero attached hydrogens (tertiary/aromatic N) is 2. The van der Waals surface area contributed by atoms with Crippen LogP contribution in [0, 0.1) is 5.92 Å². The van der Waals surface area contributed by atoms with Gasteiger partial charge in [-0.1, -0.05) is 27.2 Å². The molecule has 1 aliphatic carbocycles. The highest BCUT2D eigenvalue weighted by Gasteiger charge is 2.37. The molecule has 4 amide bonds. The van der Waals surface area contributed by atoms with E-state index in [0.29, 0.717) is 39.0 Å². The van der Waals surface area contributed by atoms with Crippen LogP contribution in [0.25, 0.3) is 0 Å². The predicted molar refractivity (Wildman–Crippen MR) is 132 cm³/mol. The summed E-state index contributed by atoms with van der Waals surface area (Å²) in [5, 5.41) is 4.76. The lowest BCUT2D eigenvalue weighted by Gasteiger charge is -2.27. The van der Waals surface area contributed by atoms with E-state index in [1.165, 1.54) is 11.9 Å². The summed E-state index contributed by atoms with van der Waals surface area (Å²) in [5.74, 6) is -6.20. The van der Waals surface area contributed by atoms with Gasteiger partial charge in [-0.05, 0) is 32.1 Å². The first-order valence-electron chi connectivity index (χ1n) is 12.6. The third kappa shape index (κ3) is 11.4. The number of halogens is 2. The molecule has 1 saturated carbocycles. The summed E-state index contributed by atoms with van der Waals surface area (Å²) in [4.78, 5) is 54.9. The van der Waals surface area contributed by atoms with Crippen molar-refractivity contribution in [2.75, 3.05) is 26.8 Å². The van der Waals surface area contributed by atoms with Gasteiger partial charge in [-0.25, -0.2) is 13.6 Å². The lowest BCUT2D eigenvalue weighted by Crippen LogP contribution is -2.56. The average Bonchev–Trinajstić information content (AvgIpc) is 3.66. The smallest absolute Gasteiger partial charge is 0.317 e. The van der Waals surface area contributed by atoms with Crippen molar-refractivity contribution in [3.8, 4) is 0 Å². The minimum atomic E-state index is -3.21. The minimum Gasteiger partial charge on any atom is -0.381 e. The summed E-state index contributed by atoms with van der Waals surface area (Å²) >= 11 is 0. The average molecular weight is 518 g/mol. The molecule has 0 saturated heterocycles. The second kappa shape index (κ2) is 15.5. The van der Waals surface area contributed by atoms with Gasteiger partial charge >= 0.3 is 6.03 Å². The molecule has 4 N–H and O–H groups in total. The number of Topliss-reactive ketones (excluding diaryl/α,β-unsaturated/α-hetero) is 1. The van der Waals surface area contributed by atoms with Crippen LogP contribution in [0.1, 0.15) is 72.1 Å². The van der Waals surface area contributed by atoms with E-state index in [1.807, 2.05) is 6.92 Å². The number of hydrogen-bond donors (Lipinski definition) is 3. The minimum absolute atomic E-state index is 0.0854. The van der Waals surface area contributed by atoms with E-state index in [1.54, 1.807) is 13.8 Å². The van der Waals surface area contributed by atoms with E-state index in [2.05, 4.69) is 15.6 Å². The molecule has 1 aliphatic rings. The van der Waals surface area contributed by atoms with Crippen LogP contribution in [0.2, 0.25) is 0 Å². The van der Waals surface area contributed by atoms with Gasteiger partial charge in [0.2, 0.25) is 11.7 Å². The van der Waals surface area contributed by atoms with Crippen molar-refractivity contribution in [2.24, 2.45) is 16.6 Å². The Bertz CT molecular complexity index is 789. The SMILES string of the molecule is CCCOCCCN(C)C(=O)NC(CC(F)(F)CCC)C(=O)NC(CC)C(=O)C(N)=NC(=O)C1CC1. The zero-order chi connectivity index (χ0) is 27.3. The fraction of sp³-hybridized carbons (Fsp3) is 0.792. The molecule has 0 radical (unpaired) electrons. The predicted octanol–water partition coefficient (Wildman–Crippen LogP) is 2.40. The van der Waals surface area contributed by atoms with Crippen molar-refractivity contribution in [1.82, 2.24) is 15.5 Å². The van der Waals surface area contributed by atoms with Crippen molar-refractivity contribution in [1.29, 1.82) is 0 Å². The number of amidine groups is 1. The number of nitrogens with two attached hydrogens (primary N) is 1. The Balaban J connectivity index is 2.88. The summed E-state index contributed by atoms with van der Waals surface area (Å²) in [6.07, 6.45) is 1.66. The zero-order valence-electron chi connectivity index (χ0n) is 21.8. The Hall–Kier alpha value is -2.63. The number of urea groups is 1. The first-order valence-corrected chi connectivity index (χ1v) is 12.6. The van der Waals surface area contributed by atoms with Gasteiger partial charge in [0.15, 0.2) is 5.84 Å². The van der Waals surface area contributed by atoms with Gasteiger partial charge < -0.3 is 26.0 Å². The standard InChI is InChI=1S/C24H41F2N5O5/c1-5-11-24(25,26)15-18(29-23(35)31(4)12-8-14-36-13-6-2)22(34)28-17(7-3)19(32)20(27)30-21(33)16-9-10-16/h16-18H,5-15H2,1-4H3,(H,28,34)(H,29,35)(H2,27,30,33). The van der Waals surface area contributed by atoms with Gasteiger partial charge in [-0.3, -0.25) is 14.4 Å². The number of alkyl halides is 2. The number of ketones is 1. The fourth-order valence-corrected chi connectivity index (χ4v) is 3.39. The van der Waals surface area contributed by atoms with E-state index < -0.39 is 60.3 Å². The quantitative estimate of drug-likeness (QED) is 0.154. The highest BCUT2D eigenvalue weighted by atomic mass is 19.3. The second-order valence-corrected chi connectivity index (χ2v) is 9.14. The maximum atomic E-state index is 14.4. The lowest BCUT2D eigenvalue weighted by molar-refractivity contribution is -0.129. The molecular weight excluding hydrogens is 476 g/mol. The Kier molecular flexibility index (Phi) is 13.5. The van der Waals surface area contributed by atoms with Crippen molar-refractivity contribution in [3.05, 3.63) is 0 Å². The summed E-state index contributed by atoms with van der Waals surface area (Å²) in [6, 6.07) is -3.47. The molecule has 0 spiro atoms. The number of ether oxygens (including phenoxy) is 1. The number of rotatable bonds is 17. The first-order chi connectivity index (χ1) is 16.9.